The van der Waals surface area contributed by atoms with Crippen LogP contribution < -0.4 is 0 Å². The van der Waals surface area contributed by atoms with Gasteiger partial charge in [0.15, 0.2) is 0 Å². The third kappa shape index (κ3) is 1.66. The molecule has 0 aliphatic carbocycles. The second-order valence-corrected chi connectivity index (χ2v) is 4.42. The van der Waals surface area contributed by atoms with Crippen molar-refractivity contribution in [3.8, 4) is 0 Å². The number of hydrogen-bond acceptors (Lipinski definition) is 3. The van der Waals surface area contributed by atoms with Crippen LogP contribution in [0.1, 0.15) is 0 Å². The predicted octanol–water partition coefficient (Wildman–Crippen LogP) is -1.38. The van der Waals surface area contributed by atoms with Gasteiger partial charge in [-0.3, -0.25) is 0 Å². The summed E-state index contributed by atoms with van der Waals surface area (Å²) >= 11 is 0.318. The molecule has 0 radical (unpaired) electrons. The summed E-state index contributed by atoms with van der Waals surface area (Å²) in [7, 11) is 0. The van der Waals surface area contributed by atoms with Crippen molar-refractivity contribution >= 4 is 15.0 Å². The van der Waals surface area contributed by atoms with E-state index < -0.39 is 18.3 Å². The van der Waals surface area contributed by atoms with E-state index in [1.807, 2.05) is 0 Å². The van der Waals surface area contributed by atoms with Crippen molar-refractivity contribution in [2.24, 2.45) is 0 Å². The van der Waals surface area contributed by atoms with Crippen LogP contribution in [0.2, 0.25) is 10.6 Å². The zero-order valence-corrected chi connectivity index (χ0v) is 6.61. The van der Waals surface area contributed by atoms with E-state index in [1.165, 1.54) is 0 Å². The molecular formula is C5H10O3Se. The number of aliphatic hydroxyl groups is 3. The molecule has 0 amide bonds. The van der Waals surface area contributed by atoms with Crippen molar-refractivity contribution in [3.63, 3.8) is 0 Å². The third-order valence-electron chi connectivity index (χ3n) is 1.37. The molecular weight excluding hydrogens is 187 g/mol. The first-order valence-corrected chi connectivity index (χ1v) is 5.26. The number of rotatable bonds is 0. The van der Waals surface area contributed by atoms with Gasteiger partial charge >= 0.3 is 59.2 Å². The molecule has 3 N–H and O–H groups in total. The van der Waals surface area contributed by atoms with Gasteiger partial charge in [-0.2, -0.15) is 0 Å². The van der Waals surface area contributed by atoms with E-state index in [0.29, 0.717) is 25.6 Å². The fourth-order valence-corrected chi connectivity index (χ4v) is 2.89. The molecule has 1 fully saturated rings. The Morgan fingerprint density at radius 3 is 1.78 bits per heavy atom. The predicted molar refractivity (Wildman–Crippen MR) is 33.4 cm³/mol. The molecule has 0 aromatic carbocycles. The van der Waals surface area contributed by atoms with Gasteiger partial charge in [-0.1, -0.05) is 0 Å². The Hall–Kier alpha value is 0.399. The average Bonchev–Trinajstić information content (AvgIpc) is 1.83. The van der Waals surface area contributed by atoms with E-state index in [1.54, 1.807) is 0 Å². The van der Waals surface area contributed by atoms with Gasteiger partial charge in [-0.05, 0) is 0 Å². The van der Waals surface area contributed by atoms with Crippen LogP contribution in [0, 0.1) is 0 Å². The minimum atomic E-state index is -0.902. The van der Waals surface area contributed by atoms with E-state index in [2.05, 4.69) is 0 Å². The molecule has 4 heteroatoms. The van der Waals surface area contributed by atoms with Crippen LogP contribution in [0.3, 0.4) is 0 Å². The first-order chi connectivity index (χ1) is 4.22. The summed E-state index contributed by atoms with van der Waals surface area (Å²) in [6.07, 6.45) is -2.27. The number of hydrogen-bond donors (Lipinski definition) is 3. The first-order valence-electron chi connectivity index (χ1n) is 2.84. The Morgan fingerprint density at radius 2 is 1.44 bits per heavy atom. The SMILES string of the molecule is OC1C[Se]CC(O)C1O. The van der Waals surface area contributed by atoms with Gasteiger partial charge in [-0.25, -0.2) is 0 Å². The zero-order valence-electron chi connectivity index (χ0n) is 4.90. The fraction of sp³-hybridized carbons (Fsp3) is 1.00. The monoisotopic (exact) mass is 198 g/mol. The molecule has 1 heterocycles. The molecule has 9 heavy (non-hydrogen) atoms. The van der Waals surface area contributed by atoms with Crippen LogP contribution in [-0.2, 0) is 0 Å². The van der Waals surface area contributed by atoms with Crippen molar-refractivity contribution in [3.05, 3.63) is 0 Å². The van der Waals surface area contributed by atoms with Gasteiger partial charge in [0, 0.05) is 0 Å². The van der Waals surface area contributed by atoms with Crippen LogP contribution in [0.5, 0.6) is 0 Å². The van der Waals surface area contributed by atoms with Gasteiger partial charge in [-0.15, -0.1) is 0 Å². The van der Waals surface area contributed by atoms with Crippen LogP contribution in [0.15, 0.2) is 0 Å². The maximum absolute atomic E-state index is 8.96. The van der Waals surface area contributed by atoms with E-state index >= 15 is 0 Å². The van der Waals surface area contributed by atoms with Crippen LogP contribution >= 0.6 is 0 Å². The Labute approximate surface area is 59.9 Å². The van der Waals surface area contributed by atoms with Crippen molar-refractivity contribution in [2.75, 3.05) is 0 Å². The minimum absolute atomic E-state index is 0.318. The molecule has 1 saturated heterocycles. The summed E-state index contributed by atoms with van der Waals surface area (Å²) in [4.78, 5) is 0. The van der Waals surface area contributed by atoms with E-state index in [9.17, 15) is 0 Å². The van der Waals surface area contributed by atoms with Crippen molar-refractivity contribution < 1.29 is 15.3 Å². The van der Waals surface area contributed by atoms with Crippen molar-refractivity contribution in [1.29, 1.82) is 0 Å². The van der Waals surface area contributed by atoms with Crippen LogP contribution in [-0.4, -0.2) is 48.6 Å². The molecule has 2 unspecified atom stereocenters. The molecule has 0 aromatic rings. The summed E-state index contributed by atoms with van der Waals surface area (Å²) in [5.74, 6) is 0. The average molecular weight is 197 g/mol. The molecule has 1 rings (SSSR count). The Morgan fingerprint density at radius 1 is 1.00 bits per heavy atom. The summed E-state index contributed by atoms with van der Waals surface area (Å²) in [5.41, 5.74) is 0. The molecule has 0 saturated carbocycles. The number of aliphatic hydroxyl groups excluding tert-OH is 3. The van der Waals surface area contributed by atoms with Gasteiger partial charge in [0.2, 0.25) is 0 Å². The summed E-state index contributed by atoms with van der Waals surface area (Å²) in [6.45, 7) is 0. The fourth-order valence-electron chi connectivity index (χ4n) is 0.763. The van der Waals surface area contributed by atoms with Gasteiger partial charge in [0.05, 0.1) is 0 Å². The third-order valence-corrected chi connectivity index (χ3v) is 3.79. The molecule has 1 aliphatic heterocycles. The van der Waals surface area contributed by atoms with Gasteiger partial charge in [0.1, 0.15) is 0 Å². The molecule has 0 bridgehead atoms. The second-order valence-electron chi connectivity index (χ2n) is 2.16. The van der Waals surface area contributed by atoms with Crippen LogP contribution in [0.25, 0.3) is 0 Å². The second kappa shape index (κ2) is 2.99. The molecule has 0 aromatic heterocycles. The van der Waals surface area contributed by atoms with E-state index in [4.69, 9.17) is 15.3 Å². The van der Waals surface area contributed by atoms with E-state index in [0.717, 1.165) is 0 Å². The standard InChI is InChI=1S/C5H10O3Se/c6-3-1-9-2-4(7)5(3)8/h3-8H,1-2H2. The Kier molecular flexibility index (Phi) is 2.49. The molecule has 2 atom stereocenters. The quantitative estimate of drug-likeness (QED) is 0.419. The van der Waals surface area contributed by atoms with E-state index in [-0.39, 0.29) is 0 Å². The maximum atomic E-state index is 8.96. The van der Waals surface area contributed by atoms with Crippen LogP contribution in [0.4, 0.5) is 0 Å². The molecule has 3 nitrogen and oxygen atoms in total. The topological polar surface area (TPSA) is 60.7 Å². The van der Waals surface area contributed by atoms with Crippen molar-refractivity contribution in [1.82, 2.24) is 0 Å². The molecule has 0 spiro atoms. The Bertz CT molecular complexity index is 88.2. The summed E-state index contributed by atoms with van der Waals surface area (Å²) < 4.78 is 0. The molecule has 54 valence electrons. The molecule has 1 aliphatic rings. The summed E-state index contributed by atoms with van der Waals surface area (Å²) in [5, 5.41) is 28.2. The summed E-state index contributed by atoms with van der Waals surface area (Å²) in [6, 6.07) is 0. The zero-order chi connectivity index (χ0) is 6.85. The normalized spacial score (nSPS) is 45.0. The first kappa shape index (κ1) is 7.51. The Balaban J connectivity index is 2.41. The van der Waals surface area contributed by atoms with Gasteiger partial charge in [0.25, 0.3) is 0 Å². The van der Waals surface area contributed by atoms with Gasteiger partial charge < -0.3 is 0 Å². The van der Waals surface area contributed by atoms with Crippen molar-refractivity contribution in [2.45, 2.75) is 29.0 Å².